The second-order valence-corrected chi connectivity index (χ2v) is 5.18. The minimum absolute atomic E-state index is 0.189. The summed E-state index contributed by atoms with van der Waals surface area (Å²) >= 11 is 12.1. The number of pyridine rings is 1. The van der Waals surface area contributed by atoms with Gasteiger partial charge >= 0.3 is 0 Å². The third kappa shape index (κ3) is 2.53. The number of benzene rings is 1. The summed E-state index contributed by atoms with van der Waals surface area (Å²) in [6.07, 6.45) is 1.52. The van der Waals surface area contributed by atoms with E-state index in [1.807, 2.05) is 0 Å². The number of aromatic nitrogens is 2. The second kappa shape index (κ2) is 5.27. The van der Waals surface area contributed by atoms with Crippen LogP contribution in [0.15, 0.2) is 45.8 Å². The first-order chi connectivity index (χ1) is 10.1. The fourth-order valence-corrected chi connectivity index (χ4v) is 2.54. The zero-order valence-corrected chi connectivity index (χ0v) is 12.1. The molecule has 106 valence electrons. The molecule has 0 spiro atoms. The lowest BCUT2D eigenvalue weighted by atomic mass is 10.0. The minimum atomic E-state index is -0.254. The summed E-state index contributed by atoms with van der Waals surface area (Å²) in [6, 6.07) is 8.11. The Hall–Kier alpha value is -2.24. The van der Waals surface area contributed by atoms with Gasteiger partial charge in [0.2, 0.25) is 5.56 Å². The molecular weight excluding hydrogens is 313 g/mol. The minimum Gasteiger partial charge on any atom is -0.380 e. The van der Waals surface area contributed by atoms with Crippen LogP contribution in [0.5, 0.6) is 0 Å². The standard InChI is InChI=1S/C14H9Cl2N3O2/c15-8-1-2-9(10(16)6-8)12-13(21-19-14(12)17)7-3-4-18-11(20)5-7/h1-6H,(H2,17,19)(H,18,20). The highest BCUT2D eigenvalue weighted by Crippen LogP contribution is 2.40. The summed E-state index contributed by atoms with van der Waals surface area (Å²) in [6.45, 7) is 0. The van der Waals surface area contributed by atoms with E-state index in [9.17, 15) is 4.79 Å². The van der Waals surface area contributed by atoms with Crippen molar-refractivity contribution >= 4 is 29.0 Å². The smallest absolute Gasteiger partial charge is 0.248 e. The first-order valence-corrected chi connectivity index (χ1v) is 6.71. The predicted molar refractivity (Wildman–Crippen MR) is 82.4 cm³/mol. The molecule has 1 aromatic carbocycles. The number of nitrogen functional groups attached to an aromatic ring is 1. The van der Waals surface area contributed by atoms with E-state index in [4.69, 9.17) is 33.5 Å². The predicted octanol–water partition coefficient (Wildman–Crippen LogP) is 3.59. The molecule has 0 bridgehead atoms. The van der Waals surface area contributed by atoms with E-state index in [1.165, 1.54) is 12.3 Å². The SMILES string of the molecule is Nc1noc(-c2cc[nH]c(=O)c2)c1-c1ccc(Cl)cc1Cl. The molecule has 0 saturated heterocycles. The van der Waals surface area contributed by atoms with Crippen molar-refractivity contribution in [2.24, 2.45) is 0 Å². The maximum Gasteiger partial charge on any atom is 0.248 e. The van der Waals surface area contributed by atoms with Gasteiger partial charge in [-0.15, -0.1) is 0 Å². The summed E-state index contributed by atoms with van der Waals surface area (Å²) in [7, 11) is 0. The number of aromatic amines is 1. The molecule has 21 heavy (non-hydrogen) atoms. The average Bonchev–Trinajstić information content (AvgIpc) is 2.81. The number of hydrogen-bond acceptors (Lipinski definition) is 4. The number of halogens is 2. The highest BCUT2D eigenvalue weighted by molar-refractivity contribution is 6.36. The molecule has 7 heteroatoms. The third-order valence-corrected chi connectivity index (χ3v) is 3.50. The van der Waals surface area contributed by atoms with Gasteiger partial charge in [-0.25, -0.2) is 0 Å². The molecule has 5 nitrogen and oxygen atoms in total. The van der Waals surface area contributed by atoms with Crippen LogP contribution in [0, 0.1) is 0 Å². The van der Waals surface area contributed by atoms with Crippen LogP contribution in [-0.4, -0.2) is 10.1 Å². The summed E-state index contributed by atoms with van der Waals surface area (Å²) in [4.78, 5) is 14.0. The highest BCUT2D eigenvalue weighted by Gasteiger charge is 2.20. The Morgan fingerprint density at radius 2 is 2.00 bits per heavy atom. The molecule has 3 rings (SSSR count). The van der Waals surface area contributed by atoms with Gasteiger partial charge in [-0.1, -0.05) is 34.4 Å². The van der Waals surface area contributed by atoms with E-state index in [0.29, 0.717) is 32.5 Å². The van der Waals surface area contributed by atoms with Gasteiger partial charge in [0.05, 0.1) is 10.6 Å². The first kappa shape index (κ1) is 13.7. The van der Waals surface area contributed by atoms with Crippen molar-refractivity contribution in [3.63, 3.8) is 0 Å². The molecule has 0 fully saturated rings. The largest absolute Gasteiger partial charge is 0.380 e. The van der Waals surface area contributed by atoms with Crippen molar-refractivity contribution in [3.8, 4) is 22.5 Å². The highest BCUT2D eigenvalue weighted by atomic mass is 35.5. The van der Waals surface area contributed by atoms with Gasteiger partial charge in [-0.05, 0) is 18.2 Å². The van der Waals surface area contributed by atoms with Crippen LogP contribution in [-0.2, 0) is 0 Å². The van der Waals surface area contributed by atoms with E-state index in [-0.39, 0.29) is 11.4 Å². The number of hydrogen-bond donors (Lipinski definition) is 2. The molecule has 0 atom stereocenters. The lowest BCUT2D eigenvalue weighted by Gasteiger charge is -2.05. The van der Waals surface area contributed by atoms with E-state index in [0.717, 1.165) is 0 Å². The van der Waals surface area contributed by atoms with Crippen LogP contribution >= 0.6 is 23.2 Å². The van der Waals surface area contributed by atoms with Crippen LogP contribution in [0.4, 0.5) is 5.82 Å². The molecule has 0 aliphatic rings. The normalized spacial score (nSPS) is 10.8. The molecule has 0 radical (unpaired) electrons. The van der Waals surface area contributed by atoms with Gasteiger partial charge < -0.3 is 15.2 Å². The first-order valence-electron chi connectivity index (χ1n) is 5.96. The number of nitrogens with one attached hydrogen (secondary N) is 1. The Bertz CT molecular complexity index is 871. The molecule has 0 unspecified atom stereocenters. The lowest BCUT2D eigenvalue weighted by Crippen LogP contribution is -2.02. The van der Waals surface area contributed by atoms with Crippen LogP contribution in [0.2, 0.25) is 10.0 Å². The van der Waals surface area contributed by atoms with Crippen LogP contribution in [0.3, 0.4) is 0 Å². The maximum atomic E-state index is 11.4. The average molecular weight is 322 g/mol. The van der Waals surface area contributed by atoms with Gasteiger partial charge in [0, 0.05) is 28.4 Å². The Morgan fingerprint density at radius 1 is 1.19 bits per heavy atom. The molecule has 2 heterocycles. The zero-order chi connectivity index (χ0) is 15.0. The van der Waals surface area contributed by atoms with E-state index in [2.05, 4.69) is 10.1 Å². The number of H-pyrrole nitrogens is 1. The Labute approximate surface area is 129 Å². The third-order valence-electron chi connectivity index (χ3n) is 2.96. The van der Waals surface area contributed by atoms with Crippen molar-refractivity contribution in [2.75, 3.05) is 5.73 Å². The van der Waals surface area contributed by atoms with Gasteiger partial charge in [0.25, 0.3) is 0 Å². The van der Waals surface area contributed by atoms with Crippen molar-refractivity contribution < 1.29 is 4.52 Å². The number of nitrogens with two attached hydrogens (primary N) is 1. The van der Waals surface area contributed by atoms with E-state index in [1.54, 1.807) is 24.3 Å². The lowest BCUT2D eigenvalue weighted by molar-refractivity contribution is 0.436. The van der Waals surface area contributed by atoms with Crippen LogP contribution < -0.4 is 11.3 Å². The van der Waals surface area contributed by atoms with Crippen molar-refractivity contribution in [3.05, 3.63) is 56.9 Å². The monoisotopic (exact) mass is 321 g/mol. The maximum absolute atomic E-state index is 11.4. The zero-order valence-electron chi connectivity index (χ0n) is 10.6. The summed E-state index contributed by atoms with van der Waals surface area (Å²) in [5, 5.41) is 4.69. The molecule has 0 aliphatic carbocycles. The summed E-state index contributed by atoms with van der Waals surface area (Å²) in [5.41, 5.74) is 7.34. The number of anilines is 1. The van der Waals surface area contributed by atoms with Crippen LogP contribution in [0.25, 0.3) is 22.5 Å². The second-order valence-electron chi connectivity index (χ2n) is 4.34. The molecule has 3 aromatic rings. The van der Waals surface area contributed by atoms with E-state index < -0.39 is 0 Å². The fourth-order valence-electron chi connectivity index (χ4n) is 2.04. The molecule has 3 N–H and O–H groups in total. The van der Waals surface area contributed by atoms with Gasteiger partial charge in [-0.3, -0.25) is 4.79 Å². The Morgan fingerprint density at radius 3 is 2.71 bits per heavy atom. The molecule has 0 saturated carbocycles. The topological polar surface area (TPSA) is 84.9 Å². The Kier molecular flexibility index (Phi) is 3.45. The van der Waals surface area contributed by atoms with Gasteiger partial charge in [0.1, 0.15) is 0 Å². The summed E-state index contributed by atoms with van der Waals surface area (Å²) in [5.74, 6) is 0.567. The van der Waals surface area contributed by atoms with Crippen molar-refractivity contribution in [1.29, 1.82) is 0 Å². The number of nitrogens with zero attached hydrogens (tertiary/aromatic N) is 1. The Balaban J connectivity index is 2.24. The van der Waals surface area contributed by atoms with E-state index >= 15 is 0 Å². The van der Waals surface area contributed by atoms with Crippen LogP contribution in [0.1, 0.15) is 0 Å². The molecular formula is C14H9Cl2N3O2. The number of rotatable bonds is 2. The molecule has 2 aromatic heterocycles. The quantitative estimate of drug-likeness (QED) is 0.755. The van der Waals surface area contributed by atoms with Gasteiger partial charge in [-0.2, -0.15) is 0 Å². The fraction of sp³-hybridized carbons (Fsp3) is 0. The van der Waals surface area contributed by atoms with Gasteiger partial charge in [0.15, 0.2) is 11.6 Å². The van der Waals surface area contributed by atoms with Crippen molar-refractivity contribution in [1.82, 2.24) is 10.1 Å². The molecule has 0 amide bonds. The summed E-state index contributed by atoms with van der Waals surface area (Å²) < 4.78 is 5.26. The van der Waals surface area contributed by atoms with Crippen molar-refractivity contribution in [2.45, 2.75) is 0 Å². The molecule has 0 aliphatic heterocycles.